The number of ether oxygens (including phenoxy) is 1. The predicted molar refractivity (Wildman–Crippen MR) is 94.5 cm³/mol. The molecule has 0 saturated carbocycles. The summed E-state index contributed by atoms with van der Waals surface area (Å²) in [5.41, 5.74) is 1.68. The Morgan fingerprint density at radius 2 is 1.88 bits per heavy atom. The zero-order valence-electron chi connectivity index (χ0n) is 13.0. The fourth-order valence-corrected chi connectivity index (χ4v) is 2.16. The highest BCUT2D eigenvalue weighted by Gasteiger charge is 2.16. The van der Waals surface area contributed by atoms with Gasteiger partial charge in [0.25, 0.3) is 5.91 Å². The van der Waals surface area contributed by atoms with Crippen LogP contribution in [0.15, 0.2) is 42.5 Å². The Labute approximate surface area is 143 Å². The Balaban J connectivity index is 2.07. The molecule has 7 nitrogen and oxygen atoms in total. The van der Waals surface area contributed by atoms with Crippen molar-refractivity contribution in [3.8, 4) is 5.75 Å². The van der Waals surface area contributed by atoms with E-state index in [-0.39, 0.29) is 22.5 Å². The van der Waals surface area contributed by atoms with Crippen LogP contribution in [0.2, 0.25) is 0 Å². The van der Waals surface area contributed by atoms with Crippen LogP contribution < -0.4 is 15.4 Å². The number of benzene rings is 2. The molecular formula is C16H15N3O4S. The van der Waals surface area contributed by atoms with E-state index in [9.17, 15) is 14.9 Å². The number of hydrogen-bond acceptors (Lipinski definition) is 5. The molecule has 2 rings (SSSR count). The summed E-state index contributed by atoms with van der Waals surface area (Å²) in [5.74, 6) is -0.226. The Morgan fingerprint density at radius 1 is 1.21 bits per heavy atom. The van der Waals surface area contributed by atoms with E-state index < -0.39 is 4.92 Å². The number of amides is 1. The number of thiocarbonyl (C=S) groups is 1. The maximum Gasteiger partial charge on any atom is 0.312 e. The fourth-order valence-electron chi connectivity index (χ4n) is 1.95. The van der Waals surface area contributed by atoms with Gasteiger partial charge in [-0.1, -0.05) is 17.7 Å². The van der Waals surface area contributed by atoms with Crippen molar-refractivity contribution in [3.63, 3.8) is 0 Å². The van der Waals surface area contributed by atoms with Crippen LogP contribution in [0.3, 0.4) is 0 Å². The number of anilines is 1. The van der Waals surface area contributed by atoms with Crippen molar-refractivity contribution < 1.29 is 14.5 Å². The van der Waals surface area contributed by atoms with Crippen molar-refractivity contribution >= 4 is 34.6 Å². The number of nitro benzene ring substituents is 1. The van der Waals surface area contributed by atoms with Crippen LogP contribution >= 0.6 is 12.2 Å². The summed E-state index contributed by atoms with van der Waals surface area (Å²) in [6.07, 6.45) is 0. The minimum absolute atomic E-state index is 0.0417. The first-order valence-corrected chi connectivity index (χ1v) is 7.33. The number of rotatable bonds is 4. The van der Waals surface area contributed by atoms with Crippen molar-refractivity contribution in [2.24, 2.45) is 0 Å². The first-order chi connectivity index (χ1) is 11.4. The Hall–Kier alpha value is -3.00. The summed E-state index contributed by atoms with van der Waals surface area (Å²) in [6, 6.07) is 11.3. The molecule has 124 valence electrons. The third-order valence-electron chi connectivity index (χ3n) is 3.17. The third-order valence-corrected chi connectivity index (χ3v) is 3.38. The normalized spacial score (nSPS) is 9.92. The predicted octanol–water partition coefficient (Wildman–Crippen LogP) is 3.04. The minimum Gasteiger partial charge on any atom is -0.490 e. The number of hydrogen-bond donors (Lipinski definition) is 2. The quantitative estimate of drug-likeness (QED) is 0.502. The van der Waals surface area contributed by atoms with Crippen LogP contribution in [0.1, 0.15) is 15.9 Å². The molecule has 2 N–H and O–H groups in total. The highest BCUT2D eigenvalue weighted by atomic mass is 32.1. The highest BCUT2D eigenvalue weighted by Crippen LogP contribution is 2.29. The average molecular weight is 345 g/mol. The highest BCUT2D eigenvalue weighted by molar-refractivity contribution is 7.80. The monoisotopic (exact) mass is 345 g/mol. The molecule has 0 fully saturated rings. The Kier molecular flexibility index (Phi) is 5.43. The van der Waals surface area contributed by atoms with Gasteiger partial charge in [-0.2, -0.15) is 0 Å². The van der Waals surface area contributed by atoms with Crippen molar-refractivity contribution in [1.29, 1.82) is 0 Å². The van der Waals surface area contributed by atoms with E-state index in [0.29, 0.717) is 11.3 Å². The molecule has 0 heterocycles. The van der Waals surface area contributed by atoms with E-state index in [1.165, 1.54) is 19.2 Å². The third kappa shape index (κ3) is 4.26. The van der Waals surface area contributed by atoms with Gasteiger partial charge in [0.1, 0.15) is 0 Å². The van der Waals surface area contributed by atoms with Gasteiger partial charge < -0.3 is 10.1 Å². The molecule has 0 bridgehead atoms. The van der Waals surface area contributed by atoms with Crippen molar-refractivity contribution in [2.75, 3.05) is 12.4 Å². The molecule has 0 aliphatic heterocycles. The molecule has 0 aromatic heterocycles. The Morgan fingerprint density at radius 3 is 2.46 bits per heavy atom. The van der Waals surface area contributed by atoms with E-state index in [1.807, 2.05) is 19.1 Å². The maximum atomic E-state index is 12.1. The van der Waals surface area contributed by atoms with Crippen LogP contribution in [0.25, 0.3) is 0 Å². The number of nitro groups is 1. The number of nitrogens with zero attached hydrogens (tertiary/aromatic N) is 1. The maximum absolute atomic E-state index is 12.1. The minimum atomic E-state index is -0.558. The lowest BCUT2D eigenvalue weighted by molar-refractivity contribution is -0.385. The number of carbonyl (C=O) groups excluding carboxylic acids is 1. The second-order valence-corrected chi connectivity index (χ2v) is 5.33. The molecule has 1 amide bonds. The lowest BCUT2D eigenvalue weighted by Gasteiger charge is -2.10. The van der Waals surface area contributed by atoms with E-state index >= 15 is 0 Å². The van der Waals surface area contributed by atoms with Crippen LogP contribution in [0.4, 0.5) is 11.4 Å². The van der Waals surface area contributed by atoms with Crippen LogP contribution in [0, 0.1) is 17.0 Å². The van der Waals surface area contributed by atoms with Gasteiger partial charge in [-0.25, -0.2) is 0 Å². The zero-order valence-corrected chi connectivity index (χ0v) is 13.8. The summed E-state index contributed by atoms with van der Waals surface area (Å²) >= 11 is 5.06. The van der Waals surface area contributed by atoms with Gasteiger partial charge >= 0.3 is 5.69 Å². The number of nitrogens with one attached hydrogen (secondary N) is 2. The molecule has 0 aliphatic carbocycles. The van der Waals surface area contributed by atoms with Gasteiger partial charge in [0, 0.05) is 17.3 Å². The second-order valence-electron chi connectivity index (χ2n) is 4.92. The lowest BCUT2D eigenvalue weighted by Crippen LogP contribution is -2.34. The van der Waals surface area contributed by atoms with E-state index in [4.69, 9.17) is 17.0 Å². The molecule has 2 aromatic rings. The molecular weight excluding hydrogens is 330 g/mol. The molecule has 0 atom stereocenters. The Bertz CT molecular complexity index is 790. The van der Waals surface area contributed by atoms with Gasteiger partial charge in [0.15, 0.2) is 10.9 Å². The molecule has 0 aliphatic rings. The van der Waals surface area contributed by atoms with Gasteiger partial charge in [-0.05, 0) is 43.4 Å². The van der Waals surface area contributed by atoms with Crippen LogP contribution in [-0.4, -0.2) is 23.1 Å². The van der Waals surface area contributed by atoms with Crippen molar-refractivity contribution in [3.05, 3.63) is 63.7 Å². The van der Waals surface area contributed by atoms with Gasteiger partial charge in [0.05, 0.1) is 12.0 Å². The molecule has 24 heavy (non-hydrogen) atoms. The summed E-state index contributed by atoms with van der Waals surface area (Å²) in [4.78, 5) is 22.5. The standard InChI is InChI=1S/C16H15N3O4S/c1-10-3-5-11(6-4-10)15(20)18-16(24)17-12-7-8-14(23-2)13(9-12)19(21)22/h3-9H,1-2H3,(H2,17,18,20,24). The average Bonchev–Trinajstić information content (AvgIpc) is 2.55. The molecule has 8 heteroatoms. The molecule has 0 spiro atoms. The SMILES string of the molecule is COc1ccc(NC(=S)NC(=O)c2ccc(C)cc2)cc1[N+](=O)[O-]. The number of methoxy groups -OCH3 is 1. The summed E-state index contributed by atoms with van der Waals surface area (Å²) < 4.78 is 4.93. The zero-order chi connectivity index (χ0) is 17.7. The summed E-state index contributed by atoms with van der Waals surface area (Å²) in [6.45, 7) is 1.92. The van der Waals surface area contributed by atoms with E-state index in [0.717, 1.165) is 5.56 Å². The van der Waals surface area contributed by atoms with Crippen molar-refractivity contribution in [2.45, 2.75) is 6.92 Å². The van der Waals surface area contributed by atoms with E-state index in [1.54, 1.807) is 18.2 Å². The molecule has 0 radical (unpaired) electrons. The first kappa shape index (κ1) is 17.4. The second kappa shape index (κ2) is 7.51. The van der Waals surface area contributed by atoms with Gasteiger partial charge in [0.2, 0.25) is 0 Å². The lowest BCUT2D eigenvalue weighted by atomic mass is 10.1. The number of aryl methyl sites for hydroxylation is 1. The van der Waals surface area contributed by atoms with Crippen LogP contribution in [-0.2, 0) is 0 Å². The molecule has 2 aromatic carbocycles. The van der Waals surface area contributed by atoms with E-state index in [2.05, 4.69) is 10.6 Å². The molecule has 0 saturated heterocycles. The first-order valence-electron chi connectivity index (χ1n) is 6.92. The van der Waals surface area contributed by atoms with Gasteiger partial charge in [-0.15, -0.1) is 0 Å². The van der Waals surface area contributed by atoms with Crippen molar-refractivity contribution in [1.82, 2.24) is 5.32 Å². The largest absolute Gasteiger partial charge is 0.490 e. The smallest absolute Gasteiger partial charge is 0.312 e. The molecule has 0 unspecified atom stereocenters. The fraction of sp³-hybridized carbons (Fsp3) is 0.125. The number of carbonyl (C=O) groups is 1. The summed E-state index contributed by atoms with van der Waals surface area (Å²) in [5, 5.41) is 16.3. The summed E-state index contributed by atoms with van der Waals surface area (Å²) in [7, 11) is 1.35. The van der Waals surface area contributed by atoms with Gasteiger partial charge in [-0.3, -0.25) is 20.2 Å². The topological polar surface area (TPSA) is 93.5 Å². The van der Waals surface area contributed by atoms with Crippen LogP contribution in [0.5, 0.6) is 5.75 Å².